The Kier molecular flexibility index (Phi) is 6.81. The third-order valence-electron chi connectivity index (χ3n) is 5.48. The number of carbonyl (C=O) groups is 1. The van der Waals surface area contributed by atoms with E-state index in [1.165, 1.54) is 16.2 Å². The molecule has 2 heterocycles. The van der Waals surface area contributed by atoms with Crippen molar-refractivity contribution in [3.8, 4) is 17.6 Å². The molecule has 1 aromatic carbocycles. The quantitative estimate of drug-likeness (QED) is 0.296. The van der Waals surface area contributed by atoms with Gasteiger partial charge in [0.1, 0.15) is 12.4 Å². The van der Waals surface area contributed by atoms with E-state index in [-0.39, 0.29) is 29.5 Å². The highest BCUT2D eigenvalue weighted by molar-refractivity contribution is 7.80. The van der Waals surface area contributed by atoms with Crippen LogP contribution in [0.1, 0.15) is 18.4 Å². The fraction of sp³-hybridized carbons (Fsp3) is 0.391. The minimum absolute atomic E-state index is 0.00616. The van der Waals surface area contributed by atoms with Gasteiger partial charge >= 0.3 is 5.69 Å². The lowest BCUT2D eigenvalue weighted by molar-refractivity contribution is -0.117. The smallest absolute Gasteiger partial charge is 0.333 e. The summed E-state index contributed by atoms with van der Waals surface area (Å²) in [5.41, 5.74) is 0.716. The fourth-order valence-electron chi connectivity index (χ4n) is 3.44. The predicted octanol–water partition coefficient (Wildman–Crippen LogP) is 1.15. The lowest BCUT2D eigenvalue weighted by Gasteiger charge is -2.10. The molecule has 11 heteroatoms. The van der Waals surface area contributed by atoms with E-state index in [4.69, 9.17) is 9.47 Å². The van der Waals surface area contributed by atoms with Gasteiger partial charge in [-0.15, -0.1) is 12.6 Å². The van der Waals surface area contributed by atoms with Gasteiger partial charge < -0.3 is 19.4 Å². The molecule has 4 rings (SSSR count). The zero-order valence-corrected chi connectivity index (χ0v) is 20.0. The van der Waals surface area contributed by atoms with Crippen molar-refractivity contribution in [1.82, 2.24) is 18.7 Å². The first-order valence-corrected chi connectivity index (χ1v) is 11.2. The second-order valence-corrected chi connectivity index (χ2v) is 8.43. The molecule has 1 aliphatic carbocycles. The van der Waals surface area contributed by atoms with Crippen LogP contribution in [0.15, 0.2) is 32.9 Å². The molecule has 1 aliphatic rings. The molecule has 0 aliphatic heterocycles. The molecule has 0 bridgehead atoms. The molecule has 3 aromatic rings. The van der Waals surface area contributed by atoms with Gasteiger partial charge in [-0.3, -0.25) is 18.7 Å². The summed E-state index contributed by atoms with van der Waals surface area (Å²) in [6.45, 7) is 0.773. The average molecular weight is 484 g/mol. The van der Waals surface area contributed by atoms with Crippen LogP contribution in [0.4, 0.5) is 5.69 Å². The standard InChI is InChI=1S/C23H25N5O5S/c1-26-18-19(25-22(26)34)28(23(31)27(2)21(18)30)8-4-5-14-11-16(24-20(29)15-6-7-15)13-17(12-14)33-10-9-32-3/h11-13,15H,6-10H2,1-3H3,(H,24,29)(H,25,34). The summed E-state index contributed by atoms with van der Waals surface area (Å²) in [7, 11) is 4.66. The van der Waals surface area contributed by atoms with Crippen LogP contribution in [0, 0.1) is 17.8 Å². The van der Waals surface area contributed by atoms with Gasteiger partial charge in [-0.05, 0) is 25.0 Å². The van der Waals surface area contributed by atoms with Crippen LogP contribution in [0.25, 0.3) is 11.2 Å². The van der Waals surface area contributed by atoms with Gasteiger partial charge in [-0.25, -0.2) is 9.78 Å². The summed E-state index contributed by atoms with van der Waals surface area (Å²) in [5.74, 6) is 6.56. The number of rotatable bonds is 7. The molecule has 0 spiro atoms. The van der Waals surface area contributed by atoms with Crippen molar-refractivity contribution < 1.29 is 14.3 Å². The number of amides is 1. The van der Waals surface area contributed by atoms with Crippen molar-refractivity contribution in [2.24, 2.45) is 20.0 Å². The number of benzene rings is 1. The molecule has 1 fully saturated rings. The Morgan fingerprint density at radius 2 is 1.97 bits per heavy atom. The molecule has 0 atom stereocenters. The molecule has 34 heavy (non-hydrogen) atoms. The number of anilines is 1. The van der Waals surface area contributed by atoms with Crippen LogP contribution < -0.4 is 21.3 Å². The van der Waals surface area contributed by atoms with Gasteiger partial charge in [0.25, 0.3) is 5.56 Å². The maximum atomic E-state index is 12.7. The minimum atomic E-state index is -0.521. The number of hydrogen-bond donors (Lipinski definition) is 2. The van der Waals surface area contributed by atoms with Crippen LogP contribution >= 0.6 is 12.6 Å². The minimum Gasteiger partial charge on any atom is -0.491 e. The van der Waals surface area contributed by atoms with E-state index in [1.54, 1.807) is 32.4 Å². The molecule has 1 amide bonds. The molecule has 0 unspecified atom stereocenters. The molecule has 0 radical (unpaired) electrons. The van der Waals surface area contributed by atoms with Crippen molar-refractivity contribution in [3.05, 3.63) is 44.6 Å². The second kappa shape index (κ2) is 9.79. The van der Waals surface area contributed by atoms with Crippen molar-refractivity contribution >= 4 is 35.4 Å². The highest BCUT2D eigenvalue weighted by atomic mass is 32.1. The molecule has 1 saturated carbocycles. The van der Waals surface area contributed by atoms with E-state index in [2.05, 4.69) is 34.8 Å². The first-order valence-electron chi connectivity index (χ1n) is 10.7. The molecule has 0 saturated heterocycles. The molecule has 2 aromatic heterocycles. The largest absolute Gasteiger partial charge is 0.491 e. The number of thiol groups is 1. The predicted molar refractivity (Wildman–Crippen MR) is 130 cm³/mol. The zero-order chi connectivity index (χ0) is 24.4. The number of nitrogens with zero attached hydrogens (tertiary/aromatic N) is 4. The van der Waals surface area contributed by atoms with Crippen LogP contribution in [0.3, 0.4) is 0 Å². The van der Waals surface area contributed by atoms with E-state index in [0.29, 0.717) is 35.4 Å². The van der Waals surface area contributed by atoms with Gasteiger partial charge in [0.05, 0.1) is 13.2 Å². The fourth-order valence-corrected chi connectivity index (χ4v) is 3.63. The summed E-state index contributed by atoms with van der Waals surface area (Å²) in [6, 6.07) is 5.24. The average Bonchev–Trinajstić information content (AvgIpc) is 3.61. The Labute approximate surface area is 200 Å². The topological polar surface area (TPSA) is 109 Å². The first-order chi connectivity index (χ1) is 16.3. The van der Waals surface area contributed by atoms with E-state index < -0.39 is 11.2 Å². The number of ether oxygens (including phenoxy) is 2. The zero-order valence-electron chi connectivity index (χ0n) is 19.1. The van der Waals surface area contributed by atoms with Crippen molar-refractivity contribution in [2.75, 3.05) is 25.6 Å². The monoisotopic (exact) mass is 483 g/mol. The number of imidazole rings is 1. The molecular formula is C23H25N5O5S. The summed E-state index contributed by atoms with van der Waals surface area (Å²) in [4.78, 5) is 41.7. The normalized spacial score (nSPS) is 12.9. The van der Waals surface area contributed by atoms with E-state index in [1.807, 2.05) is 0 Å². The van der Waals surface area contributed by atoms with Gasteiger partial charge in [0.2, 0.25) is 5.91 Å². The van der Waals surface area contributed by atoms with E-state index >= 15 is 0 Å². The van der Waals surface area contributed by atoms with Gasteiger partial charge in [-0.2, -0.15) is 0 Å². The van der Waals surface area contributed by atoms with Crippen molar-refractivity contribution in [2.45, 2.75) is 24.5 Å². The van der Waals surface area contributed by atoms with Crippen LogP contribution in [0.5, 0.6) is 5.75 Å². The first kappa shape index (κ1) is 23.7. The third kappa shape index (κ3) is 4.88. The van der Waals surface area contributed by atoms with Crippen molar-refractivity contribution in [3.63, 3.8) is 0 Å². The van der Waals surface area contributed by atoms with Gasteiger partial charge in [-0.1, -0.05) is 11.8 Å². The van der Waals surface area contributed by atoms with Crippen molar-refractivity contribution in [1.29, 1.82) is 0 Å². The number of carbonyl (C=O) groups excluding carboxylic acids is 1. The molecule has 10 nitrogen and oxygen atoms in total. The van der Waals surface area contributed by atoms with Gasteiger partial charge in [0, 0.05) is 44.4 Å². The third-order valence-corrected chi connectivity index (χ3v) is 5.88. The van der Waals surface area contributed by atoms with Crippen LogP contribution in [0.2, 0.25) is 0 Å². The summed E-state index contributed by atoms with van der Waals surface area (Å²) in [5, 5.41) is 3.22. The Morgan fingerprint density at radius 3 is 2.68 bits per heavy atom. The second-order valence-electron chi connectivity index (χ2n) is 8.03. The summed E-state index contributed by atoms with van der Waals surface area (Å²) in [6.07, 6.45) is 1.79. The molecule has 178 valence electrons. The Morgan fingerprint density at radius 1 is 1.21 bits per heavy atom. The Hall–Kier alpha value is -3.49. The SMILES string of the molecule is COCCOc1cc(C#CCn2c(=O)n(C)c(=O)c3c2nc(S)n3C)cc(NC(=O)C2CC2)c1. The van der Waals surface area contributed by atoms with Gasteiger partial charge in [0.15, 0.2) is 16.3 Å². The van der Waals surface area contributed by atoms with E-state index in [0.717, 1.165) is 17.4 Å². The highest BCUT2D eigenvalue weighted by Crippen LogP contribution is 2.31. The number of hydrogen-bond acceptors (Lipinski definition) is 7. The lowest BCUT2D eigenvalue weighted by Crippen LogP contribution is -2.38. The lowest BCUT2D eigenvalue weighted by atomic mass is 10.2. The van der Waals surface area contributed by atoms with Crippen LogP contribution in [-0.2, 0) is 30.2 Å². The Balaban J connectivity index is 1.66. The number of fused-ring (bicyclic) bond motifs is 1. The molecule has 1 N–H and O–H groups in total. The number of aromatic nitrogens is 4. The maximum absolute atomic E-state index is 12.7. The highest BCUT2D eigenvalue weighted by Gasteiger charge is 2.29. The molecular weight excluding hydrogens is 458 g/mol. The summed E-state index contributed by atoms with van der Waals surface area (Å²) >= 11 is 4.27. The maximum Gasteiger partial charge on any atom is 0.333 e. The Bertz CT molecular complexity index is 1440. The van der Waals surface area contributed by atoms with E-state index in [9.17, 15) is 14.4 Å². The summed E-state index contributed by atoms with van der Waals surface area (Å²) < 4.78 is 14.6. The van der Waals surface area contributed by atoms with Crippen LogP contribution in [-0.4, -0.2) is 44.9 Å². The number of methoxy groups -OCH3 is 1. The number of aryl methyl sites for hydroxylation is 1. The number of nitrogens with one attached hydrogen (secondary N) is 1.